The highest BCUT2D eigenvalue weighted by Gasteiger charge is 2.41. The van der Waals surface area contributed by atoms with E-state index in [0.29, 0.717) is 49.5 Å². The van der Waals surface area contributed by atoms with E-state index in [0.717, 1.165) is 10.0 Å². The van der Waals surface area contributed by atoms with E-state index in [4.69, 9.17) is 11.6 Å². The molecular weight excluding hydrogens is 672 g/mol. The highest BCUT2D eigenvalue weighted by atomic mass is 79.9. The van der Waals surface area contributed by atoms with Crippen LogP contribution in [0, 0.1) is 5.82 Å². The normalized spacial score (nSPS) is 11.7. The van der Waals surface area contributed by atoms with Crippen LogP contribution in [0.25, 0.3) is 55.6 Å². The third kappa shape index (κ3) is 6.27. The van der Waals surface area contributed by atoms with E-state index >= 15 is 13.2 Å². The summed E-state index contributed by atoms with van der Waals surface area (Å²) in [5.41, 5.74) is 4.26. The van der Waals surface area contributed by atoms with Crippen LogP contribution >= 0.6 is 27.5 Å². The van der Waals surface area contributed by atoms with Gasteiger partial charge >= 0.3 is 6.18 Å². The van der Waals surface area contributed by atoms with Gasteiger partial charge in [-0.25, -0.2) is 4.39 Å². The summed E-state index contributed by atoms with van der Waals surface area (Å²) in [6.45, 7) is 4.09. The van der Waals surface area contributed by atoms with Crippen LogP contribution in [0.2, 0.25) is 5.02 Å². The van der Waals surface area contributed by atoms with Gasteiger partial charge in [0.25, 0.3) is 0 Å². The molecular formula is C40H28BrClF4. The lowest BCUT2D eigenvalue weighted by molar-refractivity contribution is -0.136. The first kappa shape index (κ1) is 31.8. The van der Waals surface area contributed by atoms with Crippen molar-refractivity contribution in [1.29, 1.82) is 0 Å². The van der Waals surface area contributed by atoms with Gasteiger partial charge in [-0.2, -0.15) is 13.2 Å². The molecule has 230 valence electrons. The molecule has 0 fully saturated rings. The quantitative estimate of drug-likeness (QED) is 0.152. The smallest absolute Gasteiger partial charge is 0.207 e. The average molecular weight is 700 g/mol. The SMILES string of the molecule is CC(C)c1ccc(-c2c(-c3ccccc3)c(-c3ccc(F)cc3)c(-c3ccc(Br)cc3)c(-c3ccc(Cl)cc3)c2C(F)(F)F)cc1. The molecule has 0 aliphatic rings. The Morgan fingerprint density at radius 1 is 0.522 bits per heavy atom. The number of hydrogen-bond acceptors (Lipinski definition) is 0. The number of benzene rings is 6. The predicted octanol–water partition coefficient (Wildman–Crippen LogP) is 13.7. The fourth-order valence-electron chi connectivity index (χ4n) is 5.97. The van der Waals surface area contributed by atoms with Crippen LogP contribution in [-0.2, 0) is 6.18 Å². The van der Waals surface area contributed by atoms with Crippen LogP contribution in [0.3, 0.4) is 0 Å². The summed E-state index contributed by atoms with van der Waals surface area (Å²) in [5.74, 6) is -0.242. The van der Waals surface area contributed by atoms with E-state index in [1.165, 1.54) is 12.1 Å². The van der Waals surface area contributed by atoms with Crippen LogP contribution in [0.4, 0.5) is 17.6 Å². The van der Waals surface area contributed by atoms with E-state index < -0.39 is 17.6 Å². The number of halogens is 6. The van der Waals surface area contributed by atoms with Crippen LogP contribution < -0.4 is 0 Å². The van der Waals surface area contributed by atoms with Gasteiger partial charge in [0.05, 0.1) is 5.56 Å². The Bertz CT molecular complexity index is 1980. The molecule has 0 unspecified atom stereocenters. The molecule has 0 saturated carbocycles. The molecule has 0 bridgehead atoms. The molecule has 46 heavy (non-hydrogen) atoms. The maximum absolute atomic E-state index is 15.9. The van der Waals surface area contributed by atoms with Crippen LogP contribution in [0.15, 0.2) is 132 Å². The highest BCUT2D eigenvalue weighted by molar-refractivity contribution is 9.10. The Kier molecular flexibility index (Phi) is 8.91. The molecule has 0 spiro atoms. The van der Waals surface area contributed by atoms with Gasteiger partial charge in [-0.15, -0.1) is 0 Å². The first-order valence-electron chi connectivity index (χ1n) is 14.8. The Balaban J connectivity index is 1.93. The summed E-state index contributed by atoms with van der Waals surface area (Å²) < 4.78 is 62.9. The van der Waals surface area contributed by atoms with Crippen molar-refractivity contribution >= 4 is 27.5 Å². The average Bonchev–Trinajstić information content (AvgIpc) is 3.05. The summed E-state index contributed by atoms with van der Waals surface area (Å²) in [7, 11) is 0. The number of rotatable bonds is 6. The van der Waals surface area contributed by atoms with E-state index in [2.05, 4.69) is 15.9 Å². The maximum Gasteiger partial charge on any atom is 0.417 e. The van der Waals surface area contributed by atoms with E-state index in [1.54, 1.807) is 60.7 Å². The van der Waals surface area contributed by atoms with Gasteiger partial charge in [-0.1, -0.05) is 132 Å². The molecule has 0 saturated heterocycles. The molecule has 0 aromatic heterocycles. The van der Waals surface area contributed by atoms with Gasteiger partial charge in [0.15, 0.2) is 0 Å². The molecule has 0 heterocycles. The first-order valence-corrected chi connectivity index (χ1v) is 15.9. The fraction of sp³-hybridized carbons (Fsp3) is 0.100. The van der Waals surface area contributed by atoms with Crippen LogP contribution in [0.5, 0.6) is 0 Å². The summed E-state index contributed by atoms with van der Waals surface area (Å²) in [6, 6.07) is 36.0. The van der Waals surface area contributed by atoms with Crippen molar-refractivity contribution in [3.05, 3.63) is 154 Å². The minimum Gasteiger partial charge on any atom is -0.207 e. The molecule has 0 N–H and O–H groups in total. The monoisotopic (exact) mass is 698 g/mol. The van der Waals surface area contributed by atoms with Crippen molar-refractivity contribution in [2.24, 2.45) is 0 Å². The van der Waals surface area contributed by atoms with E-state index in [-0.39, 0.29) is 17.0 Å². The minimum atomic E-state index is -4.77. The van der Waals surface area contributed by atoms with Crippen molar-refractivity contribution in [2.75, 3.05) is 0 Å². The van der Waals surface area contributed by atoms with Crippen LogP contribution in [-0.4, -0.2) is 0 Å². The molecule has 0 nitrogen and oxygen atoms in total. The summed E-state index contributed by atoms with van der Waals surface area (Å²) in [6.07, 6.45) is -4.77. The zero-order valence-corrected chi connectivity index (χ0v) is 27.3. The molecule has 0 amide bonds. The molecule has 6 aromatic carbocycles. The van der Waals surface area contributed by atoms with E-state index in [1.807, 2.05) is 68.4 Å². The largest absolute Gasteiger partial charge is 0.417 e. The van der Waals surface area contributed by atoms with Gasteiger partial charge in [0.1, 0.15) is 5.82 Å². The summed E-state index contributed by atoms with van der Waals surface area (Å²) >= 11 is 9.73. The first-order chi connectivity index (χ1) is 22.0. The van der Waals surface area contributed by atoms with Crippen molar-refractivity contribution < 1.29 is 17.6 Å². The number of alkyl halides is 3. The molecule has 6 heteroatoms. The van der Waals surface area contributed by atoms with Crippen molar-refractivity contribution in [1.82, 2.24) is 0 Å². The van der Waals surface area contributed by atoms with Crippen molar-refractivity contribution in [2.45, 2.75) is 25.9 Å². The minimum absolute atomic E-state index is 0.0217. The zero-order valence-electron chi connectivity index (χ0n) is 25.0. The lowest BCUT2D eigenvalue weighted by Gasteiger charge is -2.29. The molecule has 6 rings (SSSR count). The van der Waals surface area contributed by atoms with Crippen LogP contribution in [0.1, 0.15) is 30.9 Å². The van der Waals surface area contributed by atoms with Crippen molar-refractivity contribution in [3.8, 4) is 55.6 Å². The Labute approximate surface area is 279 Å². The molecule has 6 aromatic rings. The zero-order chi connectivity index (χ0) is 32.6. The maximum atomic E-state index is 15.9. The summed E-state index contributed by atoms with van der Waals surface area (Å²) in [4.78, 5) is 0. The van der Waals surface area contributed by atoms with Gasteiger partial charge in [0.2, 0.25) is 0 Å². The van der Waals surface area contributed by atoms with Gasteiger partial charge in [0, 0.05) is 20.6 Å². The standard InChI is InChI=1S/C40H28BrClF4/c1-24(2)25-8-10-29(11-9-25)37-35(26-6-4-3-5-7-26)34(28-16-22-33(43)23-17-28)36(27-12-18-31(41)19-13-27)38(39(37)40(44,45)46)30-14-20-32(42)21-15-30/h3-24H,1-2H3. The molecule has 0 atom stereocenters. The Hall–Kier alpha value is -4.19. The second kappa shape index (κ2) is 12.9. The lowest BCUT2D eigenvalue weighted by Crippen LogP contribution is -2.13. The fourth-order valence-corrected chi connectivity index (χ4v) is 6.36. The third-order valence-corrected chi connectivity index (χ3v) is 8.89. The predicted molar refractivity (Wildman–Crippen MR) is 185 cm³/mol. The topological polar surface area (TPSA) is 0 Å². The third-order valence-electron chi connectivity index (χ3n) is 8.11. The second-order valence-corrected chi connectivity index (χ2v) is 12.8. The van der Waals surface area contributed by atoms with Gasteiger partial charge in [-0.05, 0) is 92.4 Å². The van der Waals surface area contributed by atoms with Gasteiger partial charge < -0.3 is 0 Å². The van der Waals surface area contributed by atoms with Gasteiger partial charge in [-0.3, -0.25) is 0 Å². The molecule has 0 radical (unpaired) electrons. The van der Waals surface area contributed by atoms with Crippen molar-refractivity contribution in [3.63, 3.8) is 0 Å². The Morgan fingerprint density at radius 3 is 1.39 bits per heavy atom. The summed E-state index contributed by atoms with van der Waals surface area (Å²) in [5, 5.41) is 0.409. The number of hydrogen-bond donors (Lipinski definition) is 0. The Morgan fingerprint density at radius 2 is 0.913 bits per heavy atom. The second-order valence-electron chi connectivity index (χ2n) is 11.4. The lowest BCUT2D eigenvalue weighted by atomic mass is 9.75. The molecule has 0 aliphatic carbocycles. The molecule has 0 aliphatic heterocycles. The van der Waals surface area contributed by atoms with E-state index in [9.17, 15) is 4.39 Å². The highest BCUT2D eigenvalue weighted by Crippen LogP contribution is 2.56.